The van der Waals surface area contributed by atoms with Crippen molar-refractivity contribution in [2.75, 3.05) is 20.3 Å². The van der Waals surface area contributed by atoms with Crippen LogP contribution in [0.25, 0.3) is 0 Å². The predicted octanol–water partition coefficient (Wildman–Crippen LogP) is 0.282. The maximum atomic E-state index is 11.4. The molecule has 0 bridgehead atoms. The van der Waals surface area contributed by atoms with Crippen LogP contribution in [-0.2, 0) is 19.1 Å². The second-order valence-electron chi connectivity index (χ2n) is 3.26. The lowest BCUT2D eigenvalue weighted by Gasteiger charge is -2.03. The lowest BCUT2D eigenvalue weighted by atomic mass is 10.4. The van der Waals surface area contributed by atoms with Crippen LogP contribution in [0.15, 0.2) is 35.0 Å². The van der Waals surface area contributed by atoms with Gasteiger partial charge in [0.25, 0.3) is 5.91 Å². The number of methoxy groups -OCH3 is 1. The molecule has 1 heterocycles. The van der Waals surface area contributed by atoms with Crippen molar-refractivity contribution in [3.05, 3.63) is 36.3 Å². The molecule has 0 unspecified atom stereocenters. The first kappa shape index (κ1) is 14.5. The number of furan rings is 1. The predicted molar refractivity (Wildman–Crippen MR) is 63.2 cm³/mol. The number of rotatable bonds is 6. The van der Waals surface area contributed by atoms with Gasteiger partial charge >= 0.3 is 11.9 Å². The third kappa shape index (κ3) is 5.53. The summed E-state index contributed by atoms with van der Waals surface area (Å²) in [6.45, 7) is 0.119. The highest BCUT2D eigenvalue weighted by molar-refractivity contribution is 5.92. The van der Waals surface area contributed by atoms with E-state index >= 15 is 0 Å². The van der Waals surface area contributed by atoms with Crippen molar-refractivity contribution in [1.82, 2.24) is 5.32 Å². The van der Waals surface area contributed by atoms with Gasteiger partial charge < -0.3 is 19.2 Å². The molecule has 0 aliphatic carbocycles. The first-order chi connectivity index (χ1) is 9.13. The van der Waals surface area contributed by atoms with Crippen LogP contribution in [0.5, 0.6) is 0 Å². The van der Waals surface area contributed by atoms with Gasteiger partial charge in [-0.25, -0.2) is 9.59 Å². The van der Waals surface area contributed by atoms with Crippen LogP contribution in [0, 0.1) is 0 Å². The van der Waals surface area contributed by atoms with Crippen molar-refractivity contribution in [3.8, 4) is 0 Å². The first-order valence-electron chi connectivity index (χ1n) is 5.38. The summed E-state index contributed by atoms with van der Waals surface area (Å²) in [5, 5.41) is 2.49. The Morgan fingerprint density at radius 3 is 2.68 bits per heavy atom. The number of hydrogen-bond donors (Lipinski definition) is 1. The Balaban J connectivity index is 2.17. The summed E-state index contributed by atoms with van der Waals surface area (Å²) >= 11 is 0. The molecule has 1 aromatic rings. The van der Waals surface area contributed by atoms with E-state index in [-0.39, 0.29) is 18.9 Å². The second kappa shape index (κ2) is 7.70. The molecule has 0 spiro atoms. The molecule has 0 atom stereocenters. The van der Waals surface area contributed by atoms with Crippen LogP contribution in [0.2, 0.25) is 0 Å². The highest BCUT2D eigenvalue weighted by Crippen LogP contribution is 1.98. The zero-order valence-electron chi connectivity index (χ0n) is 10.3. The molecular formula is C12H13NO6. The minimum Gasteiger partial charge on any atom is -0.466 e. The molecule has 0 aromatic carbocycles. The van der Waals surface area contributed by atoms with E-state index in [4.69, 9.17) is 9.15 Å². The number of carbonyl (C=O) groups is 3. The zero-order valence-corrected chi connectivity index (χ0v) is 10.3. The fourth-order valence-electron chi connectivity index (χ4n) is 1.06. The fraction of sp³-hybridized carbons (Fsp3) is 0.250. The smallest absolute Gasteiger partial charge is 0.331 e. The van der Waals surface area contributed by atoms with Crippen LogP contribution in [0.4, 0.5) is 0 Å². The quantitative estimate of drug-likeness (QED) is 0.452. The molecule has 1 aromatic heterocycles. The van der Waals surface area contributed by atoms with E-state index in [1.807, 2.05) is 0 Å². The van der Waals surface area contributed by atoms with Gasteiger partial charge in [-0.2, -0.15) is 0 Å². The van der Waals surface area contributed by atoms with Gasteiger partial charge in [-0.05, 0) is 12.1 Å². The number of hydrogen-bond acceptors (Lipinski definition) is 6. The topological polar surface area (TPSA) is 94.8 Å². The van der Waals surface area contributed by atoms with E-state index < -0.39 is 17.8 Å². The van der Waals surface area contributed by atoms with E-state index in [0.717, 1.165) is 12.2 Å². The van der Waals surface area contributed by atoms with Gasteiger partial charge in [0.2, 0.25) is 0 Å². The van der Waals surface area contributed by atoms with Crippen molar-refractivity contribution in [2.45, 2.75) is 0 Å². The number of nitrogens with one attached hydrogen (secondary N) is 1. The van der Waals surface area contributed by atoms with Crippen LogP contribution in [-0.4, -0.2) is 38.1 Å². The maximum Gasteiger partial charge on any atom is 0.331 e. The Labute approximate surface area is 109 Å². The summed E-state index contributed by atoms with van der Waals surface area (Å²) in [5.41, 5.74) is 0. The fourth-order valence-corrected chi connectivity index (χ4v) is 1.06. The molecule has 0 aliphatic rings. The normalized spacial score (nSPS) is 10.2. The molecule has 102 valence electrons. The first-order valence-corrected chi connectivity index (χ1v) is 5.38. The Kier molecular flexibility index (Phi) is 5.87. The standard InChI is InChI=1S/C12H13NO6/c1-17-10(14)4-5-11(15)19-8-6-13-12(16)9-3-2-7-18-9/h2-5,7H,6,8H2,1H3,(H,13,16)/b5-4+. The van der Waals surface area contributed by atoms with Crippen molar-refractivity contribution < 1.29 is 28.3 Å². The number of ether oxygens (including phenoxy) is 2. The number of carbonyl (C=O) groups excluding carboxylic acids is 3. The van der Waals surface area contributed by atoms with E-state index in [2.05, 4.69) is 10.1 Å². The van der Waals surface area contributed by atoms with E-state index in [1.165, 1.54) is 19.4 Å². The van der Waals surface area contributed by atoms with E-state index in [1.54, 1.807) is 6.07 Å². The third-order valence-corrected chi connectivity index (χ3v) is 1.93. The summed E-state index contributed by atoms with van der Waals surface area (Å²) in [7, 11) is 1.20. The maximum absolute atomic E-state index is 11.4. The molecular weight excluding hydrogens is 254 g/mol. The Hall–Kier alpha value is -2.57. The molecule has 1 amide bonds. The summed E-state index contributed by atoms with van der Waals surface area (Å²) in [4.78, 5) is 33.2. The zero-order chi connectivity index (χ0) is 14.1. The lowest BCUT2D eigenvalue weighted by molar-refractivity contribution is -0.139. The van der Waals surface area contributed by atoms with Gasteiger partial charge in [-0.1, -0.05) is 0 Å². The van der Waals surface area contributed by atoms with Crippen LogP contribution in [0.3, 0.4) is 0 Å². The van der Waals surface area contributed by atoms with E-state index in [0.29, 0.717) is 0 Å². The average molecular weight is 267 g/mol. The Bertz CT molecular complexity index is 463. The summed E-state index contributed by atoms with van der Waals surface area (Å²) in [6, 6.07) is 3.10. The molecule has 0 radical (unpaired) electrons. The molecule has 7 heteroatoms. The highest BCUT2D eigenvalue weighted by Gasteiger charge is 2.07. The number of esters is 2. The molecule has 0 aliphatic heterocycles. The number of amides is 1. The molecule has 1 N–H and O–H groups in total. The van der Waals surface area contributed by atoms with Gasteiger partial charge in [0.1, 0.15) is 6.61 Å². The summed E-state index contributed by atoms with van der Waals surface area (Å²) < 4.78 is 13.9. The van der Waals surface area contributed by atoms with Gasteiger partial charge in [0, 0.05) is 12.2 Å². The SMILES string of the molecule is COC(=O)/C=C/C(=O)OCCNC(=O)c1ccco1. The third-order valence-electron chi connectivity index (χ3n) is 1.93. The largest absolute Gasteiger partial charge is 0.466 e. The molecule has 7 nitrogen and oxygen atoms in total. The van der Waals surface area contributed by atoms with E-state index in [9.17, 15) is 14.4 Å². The minimum atomic E-state index is -0.697. The molecule has 0 fully saturated rings. The average Bonchev–Trinajstić information content (AvgIpc) is 2.94. The molecule has 1 rings (SSSR count). The van der Waals surface area contributed by atoms with Gasteiger partial charge in [-0.3, -0.25) is 4.79 Å². The van der Waals surface area contributed by atoms with Gasteiger partial charge in [-0.15, -0.1) is 0 Å². The summed E-state index contributed by atoms with van der Waals surface area (Å²) in [5.74, 6) is -1.57. The Morgan fingerprint density at radius 1 is 1.32 bits per heavy atom. The van der Waals surface area contributed by atoms with Gasteiger partial charge in [0.15, 0.2) is 5.76 Å². The molecule has 0 saturated heterocycles. The highest BCUT2D eigenvalue weighted by atomic mass is 16.5. The lowest BCUT2D eigenvalue weighted by Crippen LogP contribution is -2.27. The van der Waals surface area contributed by atoms with Crippen LogP contribution in [0.1, 0.15) is 10.6 Å². The molecule has 0 saturated carbocycles. The van der Waals surface area contributed by atoms with Crippen molar-refractivity contribution in [3.63, 3.8) is 0 Å². The van der Waals surface area contributed by atoms with Crippen molar-refractivity contribution in [2.24, 2.45) is 0 Å². The van der Waals surface area contributed by atoms with Crippen LogP contribution < -0.4 is 5.32 Å². The van der Waals surface area contributed by atoms with Gasteiger partial charge in [0.05, 0.1) is 19.9 Å². The second-order valence-corrected chi connectivity index (χ2v) is 3.26. The summed E-state index contributed by atoms with van der Waals surface area (Å²) in [6.07, 6.45) is 3.27. The molecule has 19 heavy (non-hydrogen) atoms. The Morgan fingerprint density at radius 2 is 2.05 bits per heavy atom. The van der Waals surface area contributed by atoms with Crippen molar-refractivity contribution in [1.29, 1.82) is 0 Å². The monoisotopic (exact) mass is 267 g/mol. The van der Waals surface area contributed by atoms with Crippen molar-refractivity contribution >= 4 is 17.8 Å². The minimum absolute atomic E-state index is 0.0171. The van der Waals surface area contributed by atoms with Crippen LogP contribution >= 0.6 is 0 Å².